The Balaban J connectivity index is 2.89. The lowest BCUT2D eigenvalue weighted by molar-refractivity contribution is -0.671. The van der Waals surface area contributed by atoms with Crippen molar-refractivity contribution in [1.29, 1.82) is 0 Å². The molecule has 0 aromatic carbocycles. The van der Waals surface area contributed by atoms with E-state index in [0.717, 1.165) is 0 Å². The summed E-state index contributed by atoms with van der Waals surface area (Å²) in [6.07, 6.45) is 2.16. The van der Waals surface area contributed by atoms with Gasteiger partial charge >= 0.3 is 0 Å². The van der Waals surface area contributed by atoms with Crippen LogP contribution >= 0.6 is 0 Å². The van der Waals surface area contributed by atoms with Crippen LogP contribution in [0.3, 0.4) is 0 Å². The van der Waals surface area contributed by atoms with E-state index in [4.69, 9.17) is 10.2 Å². The number of aromatic nitrogens is 1. The second kappa shape index (κ2) is 2.77. The van der Waals surface area contributed by atoms with E-state index in [1.165, 1.54) is 0 Å². The maximum atomic E-state index is 8.66. The lowest BCUT2D eigenvalue weighted by atomic mass is 10.3. The van der Waals surface area contributed by atoms with Crippen molar-refractivity contribution < 1.29 is 14.8 Å². The summed E-state index contributed by atoms with van der Waals surface area (Å²) in [6.45, 7) is 0. The molecule has 0 atom stereocenters. The molecule has 54 valence electrons. The highest BCUT2D eigenvalue weighted by atomic mass is 16.5. The SMILES string of the molecule is C[n+]1ccc(C(O)O)cc1. The van der Waals surface area contributed by atoms with Crippen molar-refractivity contribution >= 4 is 0 Å². The number of rotatable bonds is 1. The smallest absolute Gasteiger partial charge is 0.178 e. The number of aliphatic hydroxyl groups excluding tert-OH is 1. The molecule has 0 amide bonds. The molecule has 1 aromatic heterocycles. The van der Waals surface area contributed by atoms with E-state index in [-0.39, 0.29) is 0 Å². The highest BCUT2D eigenvalue weighted by Crippen LogP contribution is 2.04. The molecule has 2 N–H and O–H groups in total. The molecular formula is C7H10NO2+. The summed E-state index contributed by atoms with van der Waals surface area (Å²) in [5.74, 6) is 0. The Morgan fingerprint density at radius 1 is 1.30 bits per heavy atom. The van der Waals surface area contributed by atoms with E-state index in [1.54, 1.807) is 24.5 Å². The Morgan fingerprint density at radius 3 is 2.20 bits per heavy atom. The zero-order chi connectivity index (χ0) is 7.56. The summed E-state index contributed by atoms with van der Waals surface area (Å²) < 4.78 is 1.83. The largest absolute Gasteiger partial charge is 0.364 e. The Kier molecular flexibility index (Phi) is 1.99. The van der Waals surface area contributed by atoms with Crippen LogP contribution in [0.4, 0.5) is 0 Å². The van der Waals surface area contributed by atoms with Gasteiger partial charge in [0, 0.05) is 17.7 Å². The van der Waals surface area contributed by atoms with E-state index in [0.29, 0.717) is 5.56 Å². The first-order chi connectivity index (χ1) is 4.70. The van der Waals surface area contributed by atoms with E-state index in [2.05, 4.69) is 0 Å². The second-order valence-electron chi connectivity index (χ2n) is 2.17. The average molecular weight is 140 g/mol. The fraction of sp³-hybridized carbons (Fsp3) is 0.286. The molecule has 1 rings (SSSR count). The van der Waals surface area contributed by atoms with Gasteiger partial charge in [0.25, 0.3) is 0 Å². The first-order valence-corrected chi connectivity index (χ1v) is 3.01. The number of pyridine rings is 1. The normalized spacial score (nSPS) is 10.4. The molecule has 0 aliphatic rings. The molecule has 0 aliphatic carbocycles. The van der Waals surface area contributed by atoms with Crippen LogP contribution < -0.4 is 4.57 Å². The van der Waals surface area contributed by atoms with Gasteiger partial charge in [-0.25, -0.2) is 4.57 Å². The van der Waals surface area contributed by atoms with Gasteiger partial charge in [-0.15, -0.1) is 0 Å². The van der Waals surface area contributed by atoms with Crippen LogP contribution in [0.5, 0.6) is 0 Å². The average Bonchev–Trinajstić information content (AvgIpc) is 1.88. The maximum absolute atomic E-state index is 8.66. The summed E-state index contributed by atoms with van der Waals surface area (Å²) in [5.41, 5.74) is 0.512. The Labute approximate surface area is 59.2 Å². The summed E-state index contributed by atoms with van der Waals surface area (Å²) in [7, 11) is 1.87. The molecule has 0 unspecified atom stereocenters. The third-order valence-electron chi connectivity index (χ3n) is 1.30. The van der Waals surface area contributed by atoms with Crippen LogP contribution in [0.25, 0.3) is 0 Å². The fourth-order valence-corrected chi connectivity index (χ4v) is 0.685. The minimum absolute atomic E-state index is 0.512. The van der Waals surface area contributed by atoms with Crippen molar-refractivity contribution in [2.45, 2.75) is 6.29 Å². The Morgan fingerprint density at radius 2 is 1.80 bits per heavy atom. The van der Waals surface area contributed by atoms with Crippen LogP contribution in [0.2, 0.25) is 0 Å². The van der Waals surface area contributed by atoms with Crippen molar-refractivity contribution in [3.8, 4) is 0 Å². The van der Waals surface area contributed by atoms with Gasteiger partial charge in [-0.1, -0.05) is 0 Å². The molecule has 0 bridgehead atoms. The first kappa shape index (κ1) is 7.18. The molecule has 3 heteroatoms. The highest BCUT2D eigenvalue weighted by Gasteiger charge is 2.01. The van der Waals surface area contributed by atoms with Gasteiger partial charge in [0.05, 0.1) is 0 Å². The molecule has 0 fully saturated rings. The predicted octanol–water partition coefficient (Wildman–Crippen LogP) is -0.506. The van der Waals surface area contributed by atoms with Gasteiger partial charge in [-0.2, -0.15) is 0 Å². The highest BCUT2D eigenvalue weighted by molar-refractivity contribution is 5.07. The molecule has 0 spiro atoms. The van der Waals surface area contributed by atoms with E-state index < -0.39 is 6.29 Å². The Hall–Kier alpha value is -0.930. The van der Waals surface area contributed by atoms with Crippen molar-refractivity contribution in [3.05, 3.63) is 30.1 Å². The van der Waals surface area contributed by atoms with Crippen LogP contribution in [-0.4, -0.2) is 10.2 Å². The molecular weight excluding hydrogens is 130 g/mol. The van der Waals surface area contributed by atoms with Crippen LogP contribution in [-0.2, 0) is 7.05 Å². The third-order valence-corrected chi connectivity index (χ3v) is 1.30. The number of aryl methyl sites for hydroxylation is 1. The molecule has 1 aromatic rings. The number of hydrogen-bond acceptors (Lipinski definition) is 2. The van der Waals surface area contributed by atoms with Gasteiger partial charge in [0.2, 0.25) is 0 Å². The van der Waals surface area contributed by atoms with Crippen LogP contribution in [0, 0.1) is 0 Å². The van der Waals surface area contributed by atoms with Gasteiger partial charge in [-0.3, -0.25) is 0 Å². The van der Waals surface area contributed by atoms with Gasteiger partial charge in [-0.05, 0) is 0 Å². The lowest BCUT2D eigenvalue weighted by Crippen LogP contribution is -2.26. The molecule has 10 heavy (non-hydrogen) atoms. The minimum atomic E-state index is -1.36. The van der Waals surface area contributed by atoms with Gasteiger partial charge in [0.15, 0.2) is 18.7 Å². The molecule has 1 heterocycles. The zero-order valence-electron chi connectivity index (χ0n) is 5.73. The molecule has 0 saturated carbocycles. The van der Waals surface area contributed by atoms with E-state index >= 15 is 0 Å². The number of nitrogens with zero attached hydrogens (tertiary/aromatic N) is 1. The standard InChI is InChI=1S/C7H10NO2/c1-8-4-2-6(3-5-8)7(9)10/h2-5,7,9-10H,1H3/q+1. The first-order valence-electron chi connectivity index (χ1n) is 3.01. The van der Waals surface area contributed by atoms with Crippen LogP contribution in [0.15, 0.2) is 24.5 Å². The summed E-state index contributed by atoms with van der Waals surface area (Å²) >= 11 is 0. The molecule has 0 aliphatic heterocycles. The quantitative estimate of drug-likeness (QED) is 0.408. The summed E-state index contributed by atoms with van der Waals surface area (Å²) in [6, 6.07) is 3.31. The second-order valence-corrected chi connectivity index (χ2v) is 2.17. The summed E-state index contributed by atoms with van der Waals surface area (Å²) in [4.78, 5) is 0. The molecule has 0 radical (unpaired) electrons. The van der Waals surface area contributed by atoms with E-state index in [9.17, 15) is 0 Å². The maximum Gasteiger partial charge on any atom is 0.178 e. The molecule has 0 saturated heterocycles. The lowest BCUT2D eigenvalue weighted by Gasteiger charge is -1.99. The van der Waals surface area contributed by atoms with Gasteiger partial charge < -0.3 is 10.2 Å². The number of hydrogen-bond donors (Lipinski definition) is 2. The Bertz CT molecular complexity index is 205. The van der Waals surface area contributed by atoms with Gasteiger partial charge in [0.1, 0.15) is 7.05 Å². The minimum Gasteiger partial charge on any atom is -0.364 e. The predicted molar refractivity (Wildman–Crippen MR) is 34.8 cm³/mol. The van der Waals surface area contributed by atoms with Crippen molar-refractivity contribution in [1.82, 2.24) is 0 Å². The van der Waals surface area contributed by atoms with E-state index in [1.807, 2.05) is 11.6 Å². The van der Waals surface area contributed by atoms with Crippen molar-refractivity contribution in [2.24, 2.45) is 7.05 Å². The third kappa shape index (κ3) is 1.52. The zero-order valence-corrected chi connectivity index (χ0v) is 5.73. The van der Waals surface area contributed by atoms with Crippen LogP contribution in [0.1, 0.15) is 11.9 Å². The molecule has 3 nitrogen and oxygen atoms in total. The number of aliphatic hydroxyl groups is 2. The topological polar surface area (TPSA) is 44.3 Å². The fourth-order valence-electron chi connectivity index (χ4n) is 0.685. The van der Waals surface area contributed by atoms with Crippen molar-refractivity contribution in [3.63, 3.8) is 0 Å². The van der Waals surface area contributed by atoms with Crippen molar-refractivity contribution in [2.75, 3.05) is 0 Å². The monoisotopic (exact) mass is 140 g/mol. The summed E-state index contributed by atoms with van der Waals surface area (Å²) in [5, 5.41) is 17.3.